The molecule has 0 spiro atoms. The predicted molar refractivity (Wildman–Crippen MR) is 73.2 cm³/mol. The van der Waals surface area contributed by atoms with E-state index in [2.05, 4.69) is 38.1 Å². The van der Waals surface area contributed by atoms with Crippen LogP contribution in [-0.4, -0.2) is 18.8 Å². The molecule has 0 amide bonds. The highest BCUT2D eigenvalue weighted by Gasteiger charge is 2.16. The first-order valence-electron chi connectivity index (χ1n) is 6.66. The van der Waals surface area contributed by atoms with Crippen molar-refractivity contribution in [3.63, 3.8) is 0 Å². The smallest absolute Gasteiger partial charge is 0.0726 e. The van der Waals surface area contributed by atoms with Crippen LogP contribution in [0, 0.1) is 0 Å². The Labute approximate surface area is 105 Å². The van der Waals surface area contributed by atoms with E-state index in [0.717, 1.165) is 25.9 Å². The van der Waals surface area contributed by atoms with Gasteiger partial charge >= 0.3 is 0 Å². The van der Waals surface area contributed by atoms with Gasteiger partial charge < -0.3 is 10.5 Å². The molecule has 0 aliphatic rings. The maximum Gasteiger partial charge on any atom is 0.0726 e. The lowest BCUT2D eigenvalue weighted by Crippen LogP contribution is -2.38. The second kappa shape index (κ2) is 7.46. The van der Waals surface area contributed by atoms with Crippen LogP contribution >= 0.6 is 0 Å². The first-order chi connectivity index (χ1) is 8.21. The quantitative estimate of drug-likeness (QED) is 0.788. The third kappa shape index (κ3) is 4.49. The molecule has 2 heteroatoms. The van der Waals surface area contributed by atoms with Crippen molar-refractivity contribution >= 4 is 0 Å². The summed E-state index contributed by atoms with van der Waals surface area (Å²) >= 11 is 0. The normalized spacial score (nSPS) is 14.6. The van der Waals surface area contributed by atoms with Crippen molar-refractivity contribution < 1.29 is 4.74 Å². The van der Waals surface area contributed by atoms with Gasteiger partial charge in [0.1, 0.15) is 0 Å². The number of rotatable bonds is 7. The molecule has 96 valence electrons. The van der Waals surface area contributed by atoms with Gasteiger partial charge in [0.05, 0.1) is 6.10 Å². The van der Waals surface area contributed by atoms with Crippen LogP contribution in [0.5, 0.6) is 0 Å². The van der Waals surface area contributed by atoms with Crippen LogP contribution in [0.2, 0.25) is 0 Å². The topological polar surface area (TPSA) is 35.2 Å². The van der Waals surface area contributed by atoms with Gasteiger partial charge in [-0.25, -0.2) is 0 Å². The molecule has 0 saturated carbocycles. The summed E-state index contributed by atoms with van der Waals surface area (Å²) in [7, 11) is 0. The minimum Gasteiger partial charge on any atom is -0.377 e. The summed E-state index contributed by atoms with van der Waals surface area (Å²) in [5, 5.41) is 0. The molecular formula is C15H25NO. The second-order valence-corrected chi connectivity index (χ2v) is 4.44. The Kier molecular flexibility index (Phi) is 6.23. The highest BCUT2D eigenvalue weighted by atomic mass is 16.5. The average Bonchev–Trinajstić information content (AvgIpc) is 2.36. The Morgan fingerprint density at radius 1 is 1.06 bits per heavy atom. The van der Waals surface area contributed by atoms with E-state index in [4.69, 9.17) is 10.5 Å². The molecule has 1 rings (SSSR count). The van der Waals surface area contributed by atoms with E-state index in [-0.39, 0.29) is 12.1 Å². The van der Waals surface area contributed by atoms with E-state index in [1.165, 1.54) is 11.1 Å². The van der Waals surface area contributed by atoms with Crippen molar-refractivity contribution in [2.45, 2.75) is 52.2 Å². The molecule has 1 aromatic rings. The molecule has 0 aliphatic heterocycles. The molecule has 0 aliphatic carbocycles. The fourth-order valence-corrected chi connectivity index (χ4v) is 2.07. The van der Waals surface area contributed by atoms with Crippen LogP contribution in [0.1, 0.15) is 38.3 Å². The standard InChI is InChI=1S/C15H25NO/c1-4-12-7-9-13(10-8-12)11-14(16)15(5-2)17-6-3/h7-10,14-15H,4-6,11,16H2,1-3H3. The van der Waals surface area contributed by atoms with Crippen molar-refractivity contribution in [2.24, 2.45) is 5.73 Å². The number of ether oxygens (including phenoxy) is 1. The first-order valence-corrected chi connectivity index (χ1v) is 6.66. The second-order valence-electron chi connectivity index (χ2n) is 4.44. The lowest BCUT2D eigenvalue weighted by Gasteiger charge is -2.22. The zero-order valence-electron chi connectivity index (χ0n) is 11.3. The molecule has 2 unspecified atom stereocenters. The van der Waals surface area contributed by atoms with Gasteiger partial charge in [-0.2, -0.15) is 0 Å². The minimum atomic E-state index is 0.0902. The fourth-order valence-electron chi connectivity index (χ4n) is 2.07. The molecular weight excluding hydrogens is 210 g/mol. The Morgan fingerprint density at radius 2 is 1.65 bits per heavy atom. The van der Waals surface area contributed by atoms with Gasteiger partial charge in [0, 0.05) is 12.6 Å². The van der Waals surface area contributed by atoms with E-state index in [1.807, 2.05) is 6.92 Å². The molecule has 0 heterocycles. The minimum absolute atomic E-state index is 0.0902. The van der Waals surface area contributed by atoms with Crippen molar-refractivity contribution in [3.8, 4) is 0 Å². The monoisotopic (exact) mass is 235 g/mol. The summed E-state index contributed by atoms with van der Waals surface area (Å²) in [4.78, 5) is 0. The summed E-state index contributed by atoms with van der Waals surface area (Å²) in [6.07, 6.45) is 3.12. The zero-order chi connectivity index (χ0) is 12.7. The number of hydrogen-bond donors (Lipinski definition) is 1. The Morgan fingerprint density at radius 3 is 2.12 bits per heavy atom. The van der Waals surface area contributed by atoms with Crippen LogP contribution in [0.3, 0.4) is 0 Å². The summed E-state index contributed by atoms with van der Waals surface area (Å²) in [5.74, 6) is 0. The highest BCUT2D eigenvalue weighted by molar-refractivity contribution is 5.23. The Hall–Kier alpha value is -0.860. The van der Waals surface area contributed by atoms with Crippen LogP contribution in [0.4, 0.5) is 0 Å². The van der Waals surface area contributed by atoms with Gasteiger partial charge in [0.25, 0.3) is 0 Å². The molecule has 0 bridgehead atoms. The maximum atomic E-state index is 6.19. The largest absolute Gasteiger partial charge is 0.377 e. The van der Waals surface area contributed by atoms with Crippen LogP contribution < -0.4 is 5.73 Å². The molecule has 2 N–H and O–H groups in total. The third-order valence-corrected chi connectivity index (χ3v) is 3.16. The van der Waals surface area contributed by atoms with Crippen molar-refractivity contribution in [2.75, 3.05) is 6.61 Å². The number of nitrogens with two attached hydrogens (primary N) is 1. The van der Waals surface area contributed by atoms with Gasteiger partial charge in [0.2, 0.25) is 0 Å². The van der Waals surface area contributed by atoms with Gasteiger partial charge in [-0.15, -0.1) is 0 Å². The summed E-state index contributed by atoms with van der Waals surface area (Å²) in [5.41, 5.74) is 8.87. The van der Waals surface area contributed by atoms with Crippen LogP contribution in [-0.2, 0) is 17.6 Å². The van der Waals surface area contributed by atoms with E-state index in [1.54, 1.807) is 0 Å². The van der Waals surface area contributed by atoms with Gasteiger partial charge in [0.15, 0.2) is 0 Å². The van der Waals surface area contributed by atoms with Crippen LogP contribution in [0.15, 0.2) is 24.3 Å². The number of benzene rings is 1. The van der Waals surface area contributed by atoms with Gasteiger partial charge in [-0.1, -0.05) is 38.1 Å². The molecule has 2 atom stereocenters. The van der Waals surface area contributed by atoms with E-state index < -0.39 is 0 Å². The number of hydrogen-bond acceptors (Lipinski definition) is 2. The molecule has 1 aromatic carbocycles. The van der Waals surface area contributed by atoms with Crippen LogP contribution in [0.25, 0.3) is 0 Å². The maximum absolute atomic E-state index is 6.19. The van der Waals surface area contributed by atoms with Crippen molar-refractivity contribution in [1.82, 2.24) is 0 Å². The van der Waals surface area contributed by atoms with Crippen molar-refractivity contribution in [3.05, 3.63) is 35.4 Å². The molecule has 0 aromatic heterocycles. The molecule has 0 radical (unpaired) electrons. The summed E-state index contributed by atoms with van der Waals surface area (Å²) in [6, 6.07) is 8.81. The average molecular weight is 235 g/mol. The molecule has 17 heavy (non-hydrogen) atoms. The molecule has 2 nitrogen and oxygen atoms in total. The Bertz CT molecular complexity index is 307. The molecule has 0 saturated heterocycles. The highest BCUT2D eigenvalue weighted by Crippen LogP contribution is 2.11. The van der Waals surface area contributed by atoms with E-state index in [0.29, 0.717) is 0 Å². The SMILES string of the molecule is CCOC(CC)C(N)Cc1ccc(CC)cc1. The van der Waals surface area contributed by atoms with Gasteiger partial charge in [-0.05, 0) is 37.3 Å². The predicted octanol–water partition coefficient (Wildman–Crippen LogP) is 2.93. The molecule has 0 fully saturated rings. The summed E-state index contributed by atoms with van der Waals surface area (Å²) in [6.45, 7) is 7.05. The zero-order valence-corrected chi connectivity index (χ0v) is 11.3. The lowest BCUT2D eigenvalue weighted by atomic mass is 9.99. The fraction of sp³-hybridized carbons (Fsp3) is 0.600. The number of aryl methyl sites for hydroxylation is 1. The van der Waals surface area contributed by atoms with Gasteiger partial charge in [-0.3, -0.25) is 0 Å². The summed E-state index contributed by atoms with van der Waals surface area (Å²) < 4.78 is 5.65. The van der Waals surface area contributed by atoms with E-state index >= 15 is 0 Å². The van der Waals surface area contributed by atoms with E-state index in [9.17, 15) is 0 Å². The Balaban J connectivity index is 2.56. The first kappa shape index (κ1) is 14.2. The van der Waals surface area contributed by atoms with Crippen molar-refractivity contribution in [1.29, 1.82) is 0 Å². The third-order valence-electron chi connectivity index (χ3n) is 3.16. The lowest BCUT2D eigenvalue weighted by molar-refractivity contribution is 0.0417.